The smallest absolute Gasteiger partial charge is 0.261 e. The molecule has 0 saturated carbocycles. The number of carbonyl (C=O) groups excluding carboxylic acids is 1. The van der Waals surface area contributed by atoms with Gasteiger partial charge in [0, 0.05) is 18.5 Å². The molecule has 168 valence electrons. The Bertz CT molecular complexity index is 1430. The van der Waals surface area contributed by atoms with Crippen molar-refractivity contribution in [3.63, 3.8) is 0 Å². The molecule has 2 N–H and O–H groups in total. The maximum Gasteiger partial charge on any atom is 0.261 e. The number of fused-ring (bicyclic) bond motifs is 1. The van der Waals surface area contributed by atoms with E-state index < -0.39 is 10.0 Å². The molecule has 3 aromatic rings. The van der Waals surface area contributed by atoms with Crippen LogP contribution in [0.3, 0.4) is 0 Å². The van der Waals surface area contributed by atoms with Gasteiger partial charge in [0.05, 0.1) is 38.8 Å². The highest BCUT2D eigenvalue weighted by molar-refractivity contribution is 7.92. The number of nitrogens with one attached hydrogen (secondary N) is 2. The Morgan fingerprint density at radius 2 is 2.03 bits per heavy atom. The van der Waals surface area contributed by atoms with E-state index in [1.54, 1.807) is 18.3 Å². The van der Waals surface area contributed by atoms with E-state index in [4.69, 9.17) is 16.9 Å². The van der Waals surface area contributed by atoms with Crippen molar-refractivity contribution in [2.75, 3.05) is 10.0 Å². The molecule has 7 nitrogen and oxygen atoms in total. The molecule has 0 fully saturated rings. The van der Waals surface area contributed by atoms with Gasteiger partial charge < -0.3 is 5.32 Å². The van der Waals surface area contributed by atoms with Crippen molar-refractivity contribution in [1.29, 1.82) is 5.26 Å². The molecule has 2 aromatic carbocycles. The van der Waals surface area contributed by atoms with Gasteiger partial charge in [-0.2, -0.15) is 5.26 Å². The second-order valence-electron chi connectivity index (χ2n) is 7.85. The molecule has 0 bridgehead atoms. The first-order valence-corrected chi connectivity index (χ1v) is 12.2. The minimum absolute atomic E-state index is 0.0275. The van der Waals surface area contributed by atoms with Gasteiger partial charge in [-0.25, -0.2) is 8.42 Å². The average molecular weight is 481 g/mol. The normalized spacial score (nSPS) is 16.0. The molecule has 33 heavy (non-hydrogen) atoms. The molecule has 1 aromatic heterocycles. The molecule has 0 radical (unpaired) electrons. The Balaban J connectivity index is 1.67. The van der Waals surface area contributed by atoms with E-state index in [0.29, 0.717) is 28.7 Å². The zero-order valence-corrected chi connectivity index (χ0v) is 19.4. The fraction of sp³-hybridized carbons (Fsp3) is 0.208. The zero-order chi connectivity index (χ0) is 23.6. The van der Waals surface area contributed by atoms with E-state index >= 15 is 0 Å². The van der Waals surface area contributed by atoms with Crippen LogP contribution in [0.15, 0.2) is 59.6 Å². The van der Waals surface area contributed by atoms with Gasteiger partial charge in [-0.3, -0.25) is 14.5 Å². The Morgan fingerprint density at radius 3 is 2.70 bits per heavy atom. The number of nitriles is 1. The van der Waals surface area contributed by atoms with Gasteiger partial charge in [-0.05, 0) is 66.8 Å². The number of hydrogen-bond acceptors (Lipinski definition) is 5. The minimum atomic E-state index is -3.95. The number of sulfonamides is 1. The van der Waals surface area contributed by atoms with Gasteiger partial charge in [0.25, 0.3) is 10.0 Å². The number of aromatic nitrogens is 1. The summed E-state index contributed by atoms with van der Waals surface area (Å²) in [6.45, 7) is 1.34. The van der Waals surface area contributed by atoms with Gasteiger partial charge in [0.2, 0.25) is 5.91 Å². The topological polar surface area (TPSA) is 112 Å². The van der Waals surface area contributed by atoms with Gasteiger partial charge in [-0.15, -0.1) is 0 Å². The lowest BCUT2D eigenvalue weighted by Gasteiger charge is -2.17. The third-order valence-corrected chi connectivity index (χ3v) is 7.17. The summed E-state index contributed by atoms with van der Waals surface area (Å²) in [5.74, 6) is -0.269. The molecule has 4 rings (SSSR count). The number of carbonyl (C=O) groups is 1. The van der Waals surface area contributed by atoms with Crippen molar-refractivity contribution in [2.24, 2.45) is 5.92 Å². The first kappa shape index (κ1) is 22.8. The number of anilines is 2. The number of hydrogen-bond donors (Lipinski definition) is 2. The van der Waals surface area contributed by atoms with Crippen LogP contribution in [0, 0.1) is 17.2 Å². The molecular formula is C24H21ClN4O3S. The molecule has 1 amide bonds. The Morgan fingerprint density at radius 1 is 1.21 bits per heavy atom. The van der Waals surface area contributed by atoms with E-state index in [0.717, 1.165) is 24.0 Å². The lowest BCUT2D eigenvalue weighted by atomic mass is 9.87. The summed E-state index contributed by atoms with van der Waals surface area (Å²) >= 11 is 6.16. The van der Waals surface area contributed by atoms with Crippen LogP contribution >= 0.6 is 11.6 Å². The predicted octanol–water partition coefficient (Wildman–Crippen LogP) is 5.35. The standard InChI is InChI=1S/C24H21ClN4O3S/c1-15(30)28-24-10-9-19(12-21(24)25)33(31,32)29-23-4-2-3-22-20(23)11-18(14-27-22)17-7-5-16(13-26)6-8-17/h2-4,7,9-12,14,16,29H,5-6,8H2,1H3,(H,28,30). The van der Waals surface area contributed by atoms with E-state index in [2.05, 4.69) is 27.2 Å². The average Bonchev–Trinajstić information content (AvgIpc) is 2.80. The van der Waals surface area contributed by atoms with Crippen LogP contribution in [0.4, 0.5) is 11.4 Å². The maximum absolute atomic E-state index is 13.1. The summed E-state index contributed by atoms with van der Waals surface area (Å²) in [5, 5.41) is 12.5. The highest BCUT2D eigenvalue weighted by Crippen LogP contribution is 2.33. The lowest BCUT2D eigenvalue weighted by molar-refractivity contribution is -0.114. The Hall–Kier alpha value is -3.41. The fourth-order valence-electron chi connectivity index (χ4n) is 3.79. The van der Waals surface area contributed by atoms with Crippen LogP contribution in [0.2, 0.25) is 5.02 Å². The Labute approximate surface area is 197 Å². The van der Waals surface area contributed by atoms with Crippen molar-refractivity contribution in [1.82, 2.24) is 4.98 Å². The molecule has 1 atom stereocenters. The predicted molar refractivity (Wildman–Crippen MR) is 129 cm³/mol. The molecule has 0 spiro atoms. The molecule has 1 aliphatic carbocycles. The van der Waals surface area contributed by atoms with E-state index in [9.17, 15) is 13.2 Å². The quantitative estimate of drug-likeness (QED) is 0.510. The van der Waals surface area contributed by atoms with Crippen LogP contribution in [0.5, 0.6) is 0 Å². The number of nitrogens with zero attached hydrogens (tertiary/aromatic N) is 2. The maximum atomic E-state index is 13.1. The van der Waals surface area contributed by atoms with Crippen molar-refractivity contribution >= 4 is 55.4 Å². The van der Waals surface area contributed by atoms with Gasteiger partial charge >= 0.3 is 0 Å². The zero-order valence-electron chi connectivity index (χ0n) is 17.8. The summed E-state index contributed by atoms with van der Waals surface area (Å²) in [6.07, 6.45) is 6.11. The van der Waals surface area contributed by atoms with Crippen LogP contribution in [-0.2, 0) is 14.8 Å². The van der Waals surface area contributed by atoms with Crippen molar-refractivity contribution in [3.8, 4) is 6.07 Å². The number of halogens is 1. The molecule has 9 heteroatoms. The molecule has 0 aliphatic heterocycles. The number of pyridine rings is 1. The van der Waals surface area contributed by atoms with Crippen molar-refractivity contribution in [2.45, 2.75) is 31.1 Å². The van der Waals surface area contributed by atoms with Crippen LogP contribution in [0.25, 0.3) is 16.5 Å². The van der Waals surface area contributed by atoms with E-state index in [-0.39, 0.29) is 21.7 Å². The van der Waals surface area contributed by atoms with Crippen LogP contribution < -0.4 is 10.0 Å². The van der Waals surface area contributed by atoms with E-state index in [1.165, 1.54) is 25.1 Å². The summed E-state index contributed by atoms with van der Waals surface area (Å²) in [4.78, 5) is 15.7. The van der Waals surface area contributed by atoms with Gasteiger partial charge in [-0.1, -0.05) is 23.7 Å². The number of rotatable bonds is 5. The van der Waals surface area contributed by atoms with Gasteiger partial charge in [0.1, 0.15) is 0 Å². The van der Waals surface area contributed by atoms with Crippen LogP contribution in [0.1, 0.15) is 31.7 Å². The number of amides is 1. The third kappa shape index (κ3) is 5.00. The summed E-state index contributed by atoms with van der Waals surface area (Å²) in [6, 6.07) is 13.6. The van der Waals surface area contributed by atoms with Crippen molar-refractivity contribution < 1.29 is 13.2 Å². The molecule has 1 heterocycles. The highest BCUT2D eigenvalue weighted by atomic mass is 35.5. The van der Waals surface area contributed by atoms with Gasteiger partial charge in [0.15, 0.2) is 0 Å². The minimum Gasteiger partial charge on any atom is -0.325 e. The molecule has 1 unspecified atom stereocenters. The molecule has 0 saturated heterocycles. The number of allylic oxidation sites excluding steroid dienone is 2. The first-order valence-electron chi connectivity index (χ1n) is 10.3. The SMILES string of the molecule is CC(=O)Nc1ccc(S(=O)(=O)Nc2cccc3ncc(C4=CCC(C#N)CC4)cc23)cc1Cl. The third-order valence-electron chi connectivity index (χ3n) is 5.50. The summed E-state index contributed by atoms with van der Waals surface area (Å²) < 4.78 is 28.8. The van der Waals surface area contributed by atoms with E-state index in [1.807, 2.05) is 12.1 Å². The summed E-state index contributed by atoms with van der Waals surface area (Å²) in [5.41, 5.74) is 3.41. The molecule has 1 aliphatic rings. The molecular weight excluding hydrogens is 460 g/mol. The second kappa shape index (κ2) is 9.22. The number of benzene rings is 2. The fourth-order valence-corrected chi connectivity index (χ4v) is 5.18. The lowest BCUT2D eigenvalue weighted by Crippen LogP contribution is -2.14. The van der Waals surface area contributed by atoms with Crippen LogP contribution in [-0.4, -0.2) is 19.3 Å². The summed E-state index contributed by atoms with van der Waals surface area (Å²) in [7, 11) is -3.95. The highest BCUT2D eigenvalue weighted by Gasteiger charge is 2.19. The monoisotopic (exact) mass is 480 g/mol. The van der Waals surface area contributed by atoms with Crippen molar-refractivity contribution in [3.05, 3.63) is 65.3 Å². The Kier molecular flexibility index (Phi) is 6.36. The first-order chi connectivity index (χ1) is 15.8. The largest absolute Gasteiger partial charge is 0.325 e. The second-order valence-corrected chi connectivity index (χ2v) is 9.94.